The third kappa shape index (κ3) is 4.76. The highest BCUT2D eigenvalue weighted by Gasteiger charge is 2.17. The molecule has 3 heterocycles. The summed E-state index contributed by atoms with van der Waals surface area (Å²) < 4.78 is 12.7. The van der Waals surface area contributed by atoms with Crippen molar-refractivity contribution in [3.63, 3.8) is 0 Å². The first kappa shape index (κ1) is 21.0. The van der Waals surface area contributed by atoms with Crippen molar-refractivity contribution in [3.05, 3.63) is 69.8 Å². The van der Waals surface area contributed by atoms with Crippen LogP contribution in [0.4, 0.5) is 5.69 Å². The summed E-state index contributed by atoms with van der Waals surface area (Å²) in [5, 5.41) is 2.83. The maximum absolute atomic E-state index is 12.9. The zero-order valence-corrected chi connectivity index (χ0v) is 17.8. The number of fused-ring (bicyclic) bond motifs is 1. The molecule has 8 nitrogen and oxygen atoms in total. The Hall–Kier alpha value is -3.23. The number of hydrogen-bond donors (Lipinski definition) is 1. The van der Waals surface area contributed by atoms with Crippen LogP contribution in [0.3, 0.4) is 0 Å². The molecule has 162 valence electrons. The van der Waals surface area contributed by atoms with E-state index in [9.17, 15) is 9.59 Å². The SMILES string of the molecule is Cc1ccc(OCCN2CCOCC2)c(NC(=O)c2cnc3c(C)cccn3c2=O)c1. The molecule has 0 radical (unpaired) electrons. The topological polar surface area (TPSA) is 85.2 Å². The summed E-state index contributed by atoms with van der Waals surface area (Å²) in [7, 11) is 0. The molecule has 0 aliphatic carbocycles. The number of aryl methyl sites for hydroxylation is 2. The maximum atomic E-state index is 12.9. The number of pyridine rings is 1. The van der Waals surface area contributed by atoms with Gasteiger partial charge in [-0.1, -0.05) is 12.1 Å². The lowest BCUT2D eigenvalue weighted by Crippen LogP contribution is -2.38. The number of anilines is 1. The first-order valence-electron chi connectivity index (χ1n) is 10.3. The molecule has 31 heavy (non-hydrogen) atoms. The summed E-state index contributed by atoms with van der Waals surface area (Å²) in [6, 6.07) is 9.22. The molecule has 1 amide bonds. The van der Waals surface area contributed by atoms with E-state index in [2.05, 4.69) is 15.2 Å². The Balaban J connectivity index is 1.51. The molecular formula is C23H26N4O4. The van der Waals surface area contributed by atoms with Crippen molar-refractivity contribution in [2.24, 2.45) is 0 Å². The lowest BCUT2D eigenvalue weighted by Gasteiger charge is -2.26. The largest absolute Gasteiger partial charge is 0.490 e. The summed E-state index contributed by atoms with van der Waals surface area (Å²) in [5.74, 6) is 0.0499. The molecule has 0 saturated carbocycles. The molecule has 1 aliphatic rings. The Morgan fingerprint density at radius 1 is 1.23 bits per heavy atom. The van der Waals surface area contributed by atoms with Crippen LogP contribution in [0.15, 0.2) is 47.5 Å². The first-order valence-corrected chi connectivity index (χ1v) is 10.3. The van der Waals surface area contributed by atoms with Crippen LogP contribution in [-0.4, -0.2) is 59.6 Å². The first-order chi connectivity index (χ1) is 15.0. The smallest absolute Gasteiger partial charge is 0.270 e. The standard InChI is InChI=1S/C23H26N4O4/c1-16-5-6-20(31-13-10-26-8-11-30-12-9-26)19(14-16)25-22(28)18-15-24-21-17(2)4-3-7-27(21)23(18)29/h3-7,14-15H,8-13H2,1-2H3,(H,25,28). The number of amides is 1. The molecule has 0 bridgehead atoms. The van der Waals surface area contributed by atoms with Gasteiger partial charge in [-0.3, -0.25) is 18.9 Å². The Labute approximate surface area is 180 Å². The van der Waals surface area contributed by atoms with Crippen LogP contribution in [0.1, 0.15) is 21.5 Å². The minimum atomic E-state index is -0.517. The van der Waals surface area contributed by atoms with Gasteiger partial charge in [0, 0.05) is 32.0 Å². The fraction of sp³-hybridized carbons (Fsp3) is 0.348. The van der Waals surface area contributed by atoms with Gasteiger partial charge in [0.15, 0.2) is 0 Å². The molecule has 1 aliphatic heterocycles. The second-order valence-corrected chi connectivity index (χ2v) is 7.62. The van der Waals surface area contributed by atoms with Crippen molar-refractivity contribution in [1.29, 1.82) is 0 Å². The van der Waals surface area contributed by atoms with Gasteiger partial charge in [-0.05, 0) is 43.2 Å². The summed E-state index contributed by atoms with van der Waals surface area (Å²) in [4.78, 5) is 32.3. The second-order valence-electron chi connectivity index (χ2n) is 7.62. The van der Waals surface area contributed by atoms with Gasteiger partial charge in [-0.2, -0.15) is 0 Å². The summed E-state index contributed by atoms with van der Waals surface area (Å²) in [6.07, 6.45) is 2.94. The number of nitrogens with one attached hydrogen (secondary N) is 1. The summed E-state index contributed by atoms with van der Waals surface area (Å²) in [6.45, 7) is 8.32. The Bertz CT molecular complexity index is 1150. The van der Waals surface area contributed by atoms with Crippen molar-refractivity contribution in [1.82, 2.24) is 14.3 Å². The molecule has 1 fully saturated rings. The summed E-state index contributed by atoms with van der Waals surface area (Å²) in [5.41, 5.74) is 2.46. The predicted octanol–water partition coefficient (Wildman–Crippen LogP) is 2.27. The maximum Gasteiger partial charge on any atom is 0.270 e. The number of benzene rings is 1. The monoisotopic (exact) mass is 422 g/mol. The van der Waals surface area contributed by atoms with Crippen LogP contribution in [-0.2, 0) is 4.74 Å². The quantitative estimate of drug-likeness (QED) is 0.656. The van der Waals surface area contributed by atoms with Crippen molar-refractivity contribution < 1.29 is 14.3 Å². The lowest BCUT2D eigenvalue weighted by molar-refractivity contribution is 0.0323. The number of hydrogen-bond acceptors (Lipinski definition) is 6. The number of carbonyl (C=O) groups excluding carboxylic acids is 1. The van der Waals surface area contributed by atoms with Gasteiger partial charge in [0.05, 0.1) is 18.9 Å². The molecule has 2 aromatic heterocycles. The average Bonchev–Trinajstić information content (AvgIpc) is 2.77. The molecule has 4 rings (SSSR count). The third-order valence-corrected chi connectivity index (χ3v) is 5.32. The molecular weight excluding hydrogens is 396 g/mol. The minimum absolute atomic E-state index is 0.0242. The van der Waals surface area contributed by atoms with Crippen molar-refractivity contribution in [3.8, 4) is 5.75 Å². The number of rotatable bonds is 6. The van der Waals surface area contributed by atoms with Gasteiger partial charge < -0.3 is 14.8 Å². The van der Waals surface area contributed by atoms with E-state index >= 15 is 0 Å². The minimum Gasteiger partial charge on any atom is -0.490 e. The van der Waals surface area contributed by atoms with Gasteiger partial charge in [0.25, 0.3) is 11.5 Å². The van der Waals surface area contributed by atoms with Gasteiger partial charge in [0.1, 0.15) is 23.6 Å². The predicted molar refractivity (Wildman–Crippen MR) is 118 cm³/mol. The van der Waals surface area contributed by atoms with Crippen molar-refractivity contribution in [2.45, 2.75) is 13.8 Å². The van der Waals surface area contributed by atoms with Gasteiger partial charge in [-0.15, -0.1) is 0 Å². The van der Waals surface area contributed by atoms with E-state index in [1.54, 1.807) is 12.3 Å². The fourth-order valence-corrected chi connectivity index (χ4v) is 3.57. The van der Waals surface area contributed by atoms with E-state index in [0.29, 0.717) is 23.7 Å². The summed E-state index contributed by atoms with van der Waals surface area (Å²) >= 11 is 0. The van der Waals surface area contributed by atoms with Gasteiger partial charge in [0.2, 0.25) is 0 Å². The highest BCUT2D eigenvalue weighted by atomic mass is 16.5. The lowest BCUT2D eigenvalue weighted by atomic mass is 10.2. The molecule has 1 saturated heterocycles. The molecule has 0 spiro atoms. The van der Waals surface area contributed by atoms with Gasteiger partial charge in [-0.25, -0.2) is 4.98 Å². The average molecular weight is 422 g/mol. The zero-order chi connectivity index (χ0) is 21.8. The Morgan fingerprint density at radius 2 is 2.03 bits per heavy atom. The number of morpholine rings is 1. The van der Waals surface area contributed by atoms with E-state index in [1.165, 1.54) is 10.6 Å². The van der Waals surface area contributed by atoms with Crippen LogP contribution in [0.25, 0.3) is 5.65 Å². The number of nitrogens with zero attached hydrogens (tertiary/aromatic N) is 3. The van der Waals surface area contributed by atoms with Crippen LogP contribution in [0.5, 0.6) is 5.75 Å². The number of aromatic nitrogens is 2. The molecule has 8 heteroatoms. The number of ether oxygens (including phenoxy) is 2. The highest BCUT2D eigenvalue weighted by molar-refractivity contribution is 6.04. The van der Waals surface area contributed by atoms with Crippen LogP contribution < -0.4 is 15.6 Å². The van der Waals surface area contributed by atoms with Crippen LogP contribution in [0, 0.1) is 13.8 Å². The number of carbonyl (C=O) groups is 1. The second kappa shape index (κ2) is 9.28. The third-order valence-electron chi connectivity index (χ3n) is 5.32. The molecule has 0 unspecified atom stereocenters. The highest BCUT2D eigenvalue weighted by Crippen LogP contribution is 2.26. The molecule has 1 aromatic carbocycles. The van der Waals surface area contributed by atoms with Crippen molar-refractivity contribution >= 4 is 17.2 Å². The zero-order valence-electron chi connectivity index (χ0n) is 17.8. The molecule has 0 atom stereocenters. The van der Waals surface area contributed by atoms with Crippen molar-refractivity contribution in [2.75, 3.05) is 44.8 Å². The van der Waals surface area contributed by atoms with E-state index < -0.39 is 11.5 Å². The van der Waals surface area contributed by atoms with Crippen LogP contribution in [0.2, 0.25) is 0 Å². The van der Waals surface area contributed by atoms with E-state index in [-0.39, 0.29) is 5.56 Å². The molecule has 1 N–H and O–H groups in total. The van der Waals surface area contributed by atoms with Crippen LogP contribution >= 0.6 is 0 Å². The Kier molecular flexibility index (Phi) is 6.29. The van der Waals surface area contributed by atoms with E-state index in [1.807, 2.05) is 38.1 Å². The normalized spacial score (nSPS) is 14.5. The van der Waals surface area contributed by atoms with E-state index in [0.717, 1.165) is 44.0 Å². The fourth-order valence-electron chi connectivity index (χ4n) is 3.57. The molecule has 3 aromatic rings. The Morgan fingerprint density at radius 3 is 2.84 bits per heavy atom. The van der Waals surface area contributed by atoms with Gasteiger partial charge >= 0.3 is 0 Å². The van der Waals surface area contributed by atoms with E-state index in [4.69, 9.17) is 9.47 Å².